The van der Waals surface area contributed by atoms with Crippen LogP contribution in [0.25, 0.3) is 10.2 Å². The fourth-order valence-corrected chi connectivity index (χ4v) is 3.18. The summed E-state index contributed by atoms with van der Waals surface area (Å²) in [5.74, 6) is 1.55. The summed E-state index contributed by atoms with van der Waals surface area (Å²) >= 11 is 1.72. The van der Waals surface area contributed by atoms with Crippen LogP contribution in [0.15, 0.2) is 6.07 Å². The summed E-state index contributed by atoms with van der Waals surface area (Å²) in [6, 6.07) is 2.16. The van der Waals surface area contributed by atoms with Gasteiger partial charge in [0, 0.05) is 25.0 Å². The van der Waals surface area contributed by atoms with Crippen LogP contribution in [0.3, 0.4) is 0 Å². The van der Waals surface area contributed by atoms with E-state index < -0.39 is 6.10 Å². The molecule has 2 aromatic heterocycles. The van der Waals surface area contributed by atoms with Gasteiger partial charge in [-0.15, -0.1) is 11.3 Å². The summed E-state index contributed by atoms with van der Waals surface area (Å²) in [5, 5.41) is 13.9. The third-order valence-electron chi connectivity index (χ3n) is 3.20. The molecular formula is C15H24N4OS. The van der Waals surface area contributed by atoms with Crippen molar-refractivity contribution in [1.82, 2.24) is 9.97 Å². The number of aliphatic hydroxyl groups excluding tert-OH is 1. The second-order valence-corrected chi connectivity index (χ2v) is 6.43. The van der Waals surface area contributed by atoms with Gasteiger partial charge in [0.05, 0.1) is 11.5 Å². The Morgan fingerprint density at radius 2 is 2.14 bits per heavy atom. The Morgan fingerprint density at radius 1 is 1.38 bits per heavy atom. The fraction of sp³-hybridized carbons (Fsp3) is 0.600. The molecule has 116 valence electrons. The van der Waals surface area contributed by atoms with Crippen molar-refractivity contribution >= 4 is 33.3 Å². The Morgan fingerprint density at radius 3 is 2.76 bits per heavy atom. The number of aromatic nitrogens is 2. The number of hydrogen-bond donors (Lipinski definition) is 2. The highest BCUT2D eigenvalue weighted by Gasteiger charge is 2.15. The molecule has 0 saturated carbocycles. The standard InChI is InChI=1S/C15H24N4OS/c1-5-7-16-15-17-13(19(4)9-10(3)20)12-8-11(6-2)21-14(12)18-15/h8,10,20H,5-7,9H2,1-4H3,(H,16,17,18). The van der Waals surface area contributed by atoms with E-state index in [1.165, 1.54) is 4.88 Å². The van der Waals surface area contributed by atoms with E-state index in [9.17, 15) is 5.11 Å². The van der Waals surface area contributed by atoms with E-state index in [1.807, 2.05) is 11.9 Å². The number of nitrogens with one attached hydrogen (secondary N) is 1. The van der Waals surface area contributed by atoms with Crippen molar-refractivity contribution in [2.75, 3.05) is 30.4 Å². The van der Waals surface area contributed by atoms with Crippen LogP contribution in [-0.4, -0.2) is 41.3 Å². The summed E-state index contributed by atoms with van der Waals surface area (Å²) in [4.78, 5) is 13.6. The molecule has 0 aliphatic rings. The van der Waals surface area contributed by atoms with Gasteiger partial charge >= 0.3 is 0 Å². The highest BCUT2D eigenvalue weighted by molar-refractivity contribution is 7.18. The molecule has 0 saturated heterocycles. The topological polar surface area (TPSA) is 61.3 Å². The molecule has 0 spiro atoms. The van der Waals surface area contributed by atoms with E-state index in [-0.39, 0.29) is 0 Å². The van der Waals surface area contributed by atoms with Crippen molar-refractivity contribution < 1.29 is 5.11 Å². The number of thiophene rings is 1. The van der Waals surface area contributed by atoms with Crippen LogP contribution in [0.1, 0.15) is 32.1 Å². The third kappa shape index (κ3) is 3.83. The van der Waals surface area contributed by atoms with Crippen LogP contribution in [-0.2, 0) is 6.42 Å². The summed E-state index contributed by atoms with van der Waals surface area (Å²) in [7, 11) is 1.96. The normalized spacial score (nSPS) is 12.6. The summed E-state index contributed by atoms with van der Waals surface area (Å²) in [5.41, 5.74) is 0. The monoisotopic (exact) mass is 308 g/mol. The number of hydrogen-bond acceptors (Lipinski definition) is 6. The molecule has 21 heavy (non-hydrogen) atoms. The minimum Gasteiger partial charge on any atom is -0.392 e. The zero-order valence-corrected chi connectivity index (χ0v) is 14.0. The van der Waals surface area contributed by atoms with Gasteiger partial charge in [0.25, 0.3) is 0 Å². The summed E-state index contributed by atoms with van der Waals surface area (Å²) < 4.78 is 0. The molecule has 5 nitrogen and oxygen atoms in total. The molecule has 0 bridgehead atoms. The number of aliphatic hydroxyl groups is 1. The van der Waals surface area contributed by atoms with Gasteiger partial charge in [0.1, 0.15) is 10.6 Å². The van der Waals surface area contributed by atoms with Crippen molar-refractivity contribution in [3.05, 3.63) is 10.9 Å². The number of rotatable bonds is 7. The molecule has 0 aromatic carbocycles. The molecule has 0 radical (unpaired) electrons. The highest BCUT2D eigenvalue weighted by atomic mass is 32.1. The molecule has 0 aliphatic heterocycles. The molecule has 6 heteroatoms. The molecular weight excluding hydrogens is 284 g/mol. The van der Waals surface area contributed by atoms with Gasteiger partial charge in [-0.1, -0.05) is 13.8 Å². The lowest BCUT2D eigenvalue weighted by Crippen LogP contribution is -2.28. The van der Waals surface area contributed by atoms with E-state index in [1.54, 1.807) is 18.3 Å². The average Bonchev–Trinajstić information content (AvgIpc) is 2.86. The van der Waals surface area contributed by atoms with Crippen LogP contribution >= 0.6 is 11.3 Å². The minimum atomic E-state index is -0.392. The van der Waals surface area contributed by atoms with E-state index in [0.717, 1.165) is 35.4 Å². The number of nitrogens with zero attached hydrogens (tertiary/aromatic N) is 3. The second kappa shape index (κ2) is 7.04. The van der Waals surface area contributed by atoms with Crippen molar-refractivity contribution in [1.29, 1.82) is 0 Å². The smallest absolute Gasteiger partial charge is 0.226 e. The Labute approximate surface area is 130 Å². The Bertz CT molecular complexity index is 597. The molecule has 1 atom stereocenters. The summed E-state index contributed by atoms with van der Waals surface area (Å²) in [6.45, 7) is 7.46. The number of anilines is 2. The molecule has 0 fully saturated rings. The zero-order chi connectivity index (χ0) is 15.4. The summed E-state index contributed by atoms with van der Waals surface area (Å²) in [6.07, 6.45) is 1.64. The number of likely N-dealkylation sites (N-methyl/N-ethyl adjacent to an activating group) is 1. The number of aryl methyl sites for hydroxylation is 1. The Kier molecular flexibility index (Phi) is 5.36. The SMILES string of the molecule is CCCNc1nc(N(C)CC(C)O)c2cc(CC)sc2n1. The minimum absolute atomic E-state index is 0.392. The van der Waals surface area contributed by atoms with Crippen molar-refractivity contribution in [3.8, 4) is 0 Å². The van der Waals surface area contributed by atoms with Gasteiger partial charge in [-0.05, 0) is 25.8 Å². The molecule has 2 aromatic rings. The van der Waals surface area contributed by atoms with Crippen LogP contribution in [0.4, 0.5) is 11.8 Å². The average molecular weight is 308 g/mol. The third-order valence-corrected chi connectivity index (χ3v) is 4.38. The lowest BCUT2D eigenvalue weighted by molar-refractivity contribution is 0.201. The van der Waals surface area contributed by atoms with Gasteiger partial charge in [-0.3, -0.25) is 0 Å². The van der Waals surface area contributed by atoms with Gasteiger partial charge in [0.2, 0.25) is 5.95 Å². The van der Waals surface area contributed by atoms with Gasteiger partial charge in [0.15, 0.2) is 0 Å². The molecule has 2 rings (SSSR count). The molecule has 1 unspecified atom stereocenters. The Hall–Kier alpha value is -1.40. The first kappa shape index (κ1) is 16.0. The lowest BCUT2D eigenvalue weighted by atomic mass is 10.3. The maximum atomic E-state index is 9.62. The predicted octanol–water partition coefficient (Wildman–Crippen LogP) is 2.89. The van der Waals surface area contributed by atoms with Crippen LogP contribution in [0.5, 0.6) is 0 Å². The van der Waals surface area contributed by atoms with Crippen molar-refractivity contribution in [3.63, 3.8) is 0 Å². The lowest BCUT2D eigenvalue weighted by Gasteiger charge is -2.21. The van der Waals surface area contributed by atoms with E-state index >= 15 is 0 Å². The molecule has 0 aliphatic carbocycles. The molecule has 0 amide bonds. The predicted molar refractivity (Wildman–Crippen MR) is 90.5 cm³/mol. The molecule has 2 heterocycles. The first-order valence-corrected chi connectivity index (χ1v) is 8.30. The van der Waals surface area contributed by atoms with E-state index in [2.05, 4.69) is 35.2 Å². The fourth-order valence-electron chi connectivity index (χ4n) is 2.22. The zero-order valence-electron chi connectivity index (χ0n) is 13.2. The quantitative estimate of drug-likeness (QED) is 0.823. The maximum Gasteiger partial charge on any atom is 0.226 e. The van der Waals surface area contributed by atoms with Gasteiger partial charge in [-0.2, -0.15) is 4.98 Å². The van der Waals surface area contributed by atoms with E-state index in [0.29, 0.717) is 12.5 Å². The largest absolute Gasteiger partial charge is 0.392 e. The molecule has 2 N–H and O–H groups in total. The van der Waals surface area contributed by atoms with Crippen molar-refractivity contribution in [2.45, 2.75) is 39.7 Å². The first-order valence-electron chi connectivity index (χ1n) is 7.48. The maximum absolute atomic E-state index is 9.62. The first-order chi connectivity index (χ1) is 10.0. The van der Waals surface area contributed by atoms with Crippen LogP contribution in [0.2, 0.25) is 0 Å². The second-order valence-electron chi connectivity index (χ2n) is 5.31. The van der Waals surface area contributed by atoms with Crippen LogP contribution in [0, 0.1) is 0 Å². The van der Waals surface area contributed by atoms with Crippen molar-refractivity contribution in [2.24, 2.45) is 0 Å². The van der Waals surface area contributed by atoms with Gasteiger partial charge < -0.3 is 15.3 Å². The van der Waals surface area contributed by atoms with E-state index in [4.69, 9.17) is 0 Å². The highest BCUT2D eigenvalue weighted by Crippen LogP contribution is 2.32. The van der Waals surface area contributed by atoms with Gasteiger partial charge in [-0.25, -0.2) is 4.98 Å². The Balaban J connectivity index is 2.45. The number of fused-ring (bicyclic) bond motifs is 1. The van der Waals surface area contributed by atoms with Crippen LogP contribution < -0.4 is 10.2 Å².